The summed E-state index contributed by atoms with van der Waals surface area (Å²) in [6, 6.07) is 3.94. The summed E-state index contributed by atoms with van der Waals surface area (Å²) in [4.78, 5) is 4.06. The molecule has 0 fully saturated rings. The highest BCUT2D eigenvalue weighted by Crippen LogP contribution is 2.10. The summed E-state index contributed by atoms with van der Waals surface area (Å²) >= 11 is 0. The molecule has 0 unspecified atom stereocenters. The fraction of sp³-hybridized carbons (Fsp3) is 0.650. The first kappa shape index (κ1) is 18.7. The quantitative estimate of drug-likeness (QED) is 0.382. The Hall–Kier alpha value is -1.33. The Morgan fingerprint density at radius 2 is 1.64 bits per heavy atom. The third-order valence-corrected chi connectivity index (χ3v) is 3.69. The van der Waals surface area contributed by atoms with E-state index < -0.39 is 0 Å². The normalized spacial score (nSPS) is 10.2. The van der Waals surface area contributed by atoms with Gasteiger partial charge in [-0.15, -0.1) is 0 Å². The van der Waals surface area contributed by atoms with Crippen molar-refractivity contribution in [2.24, 2.45) is 0 Å². The summed E-state index contributed by atoms with van der Waals surface area (Å²) in [5, 5.41) is 0. The molecule has 0 aliphatic heterocycles. The van der Waals surface area contributed by atoms with E-state index in [-0.39, 0.29) is 0 Å². The summed E-state index contributed by atoms with van der Waals surface area (Å²) < 4.78 is 5.34. The Bertz CT molecular complexity index is 405. The molecule has 0 N–H and O–H groups in total. The van der Waals surface area contributed by atoms with Crippen LogP contribution in [0.4, 0.5) is 0 Å². The first-order valence-corrected chi connectivity index (χ1v) is 8.90. The average molecular weight is 301 g/mol. The van der Waals surface area contributed by atoms with Crippen LogP contribution in [0.1, 0.15) is 76.7 Å². The van der Waals surface area contributed by atoms with Crippen LogP contribution in [-0.4, -0.2) is 18.2 Å². The van der Waals surface area contributed by atoms with Crippen molar-refractivity contribution in [1.29, 1.82) is 0 Å². The zero-order valence-corrected chi connectivity index (χ0v) is 14.2. The molecule has 1 aromatic heterocycles. The Morgan fingerprint density at radius 3 is 2.27 bits per heavy atom. The SMILES string of the molecule is CCOCCCCCCCCCCCC#Cc1cccnc1. The van der Waals surface area contributed by atoms with Crippen molar-refractivity contribution >= 4 is 0 Å². The fourth-order valence-corrected chi connectivity index (χ4v) is 2.40. The summed E-state index contributed by atoms with van der Waals surface area (Å²) in [5.41, 5.74) is 1.02. The van der Waals surface area contributed by atoms with Crippen LogP contribution in [0, 0.1) is 11.8 Å². The molecule has 0 saturated carbocycles. The average Bonchev–Trinajstić information content (AvgIpc) is 2.56. The Morgan fingerprint density at radius 1 is 0.955 bits per heavy atom. The van der Waals surface area contributed by atoms with Gasteiger partial charge in [0.2, 0.25) is 0 Å². The van der Waals surface area contributed by atoms with Crippen LogP contribution in [0.2, 0.25) is 0 Å². The van der Waals surface area contributed by atoms with Crippen LogP contribution in [0.15, 0.2) is 24.5 Å². The molecule has 0 amide bonds. The number of nitrogens with zero attached hydrogens (tertiary/aromatic N) is 1. The molecule has 22 heavy (non-hydrogen) atoms. The Kier molecular flexibility index (Phi) is 12.4. The molecule has 1 rings (SSSR count). The number of pyridine rings is 1. The van der Waals surface area contributed by atoms with Crippen LogP contribution in [0.25, 0.3) is 0 Å². The summed E-state index contributed by atoms with van der Waals surface area (Å²) in [6.07, 6.45) is 16.6. The molecule has 0 radical (unpaired) electrons. The van der Waals surface area contributed by atoms with Gasteiger partial charge in [-0.05, 0) is 31.9 Å². The predicted molar refractivity (Wildman–Crippen MR) is 93.8 cm³/mol. The van der Waals surface area contributed by atoms with Crippen molar-refractivity contribution in [1.82, 2.24) is 4.98 Å². The topological polar surface area (TPSA) is 22.1 Å². The molecular formula is C20H31NO. The van der Waals surface area contributed by atoms with E-state index in [2.05, 4.69) is 23.7 Å². The van der Waals surface area contributed by atoms with Crippen molar-refractivity contribution in [3.8, 4) is 11.8 Å². The van der Waals surface area contributed by atoms with Gasteiger partial charge in [-0.2, -0.15) is 0 Å². The highest BCUT2D eigenvalue weighted by Gasteiger charge is 1.93. The van der Waals surface area contributed by atoms with Gasteiger partial charge in [-0.25, -0.2) is 0 Å². The largest absolute Gasteiger partial charge is 0.382 e. The summed E-state index contributed by atoms with van der Waals surface area (Å²) in [7, 11) is 0. The molecule has 0 aliphatic rings. The van der Waals surface area contributed by atoms with E-state index in [1.165, 1.54) is 57.8 Å². The number of hydrogen-bond acceptors (Lipinski definition) is 2. The van der Waals surface area contributed by atoms with Crippen LogP contribution in [-0.2, 0) is 4.74 Å². The van der Waals surface area contributed by atoms with Gasteiger partial charge in [0.05, 0.1) is 0 Å². The molecule has 1 aromatic rings. The Balaban J connectivity index is 1.81. The molecule has 0 aliphatic carbocycles. The minimum Gasteiger partial charge on any atom is -0.382 e. The molecule has 0 atom stereocenters. The molecule has 2 heteroatoms. The molecule has 0 spiro atoms. The first-order valence-electron chi connectivity index (χ1n) is 8.90. The van der Waals surface area contributed by atoms with Crippen LogP contribution < -0.4 is 0 Å². The molecule has 0 aromatic carbocycles. The number of hydrogen-bond donors (Lipinski definition) is 0. The monoisotopic (exact) mass is 301 g/mol. The minimum absolute atomic E-state index is 0.854. The van der Waals surface area contributed by atoms with Gasteiger partial charge in [-0.1, -0.05) is 56.8 Å². The lowest BCUT2D eigenvalue weighted by atomic mass is 10.1. The predicted octanol–water partition coefficient (Wildman–Crippen LogP) is 5.37. The van der Waals surface area contributed by atoms with Gasteiger partial charge in [0.25, 0.3) is 0 Å². The highest BCUT2D eigenvalue weighted by molar-refractivity contribution is 5.30. The zero-order valence-electron chi connectivity index (χ0n) is 14.2. The van der Waals surface area contributed by atoms with Gasteiger partial charge in [0, 0.05) is 37.6 Å². The van der Waals surface area contributed by atoms with Crippen molar-refractivity contribution < 1.29 is 4.74 Å². The van der Waals surface area contributed by atoms with Crippen molar-refractivity contribution in [3.05, 3.63) is 30.1 Å². The number of unbranched alkanes of at least 4 members (excludes halogenated alkanes) is 9. The highest BCUT2D eigenvalue weighted by atomic mass is 16.5. The third-order valence-electron chi connectivity index (χ3n) is 3.69. The van der Waals surface area contributed by atoms with Crippen molar-refractivity contribution in [2.45, 2.75) is 71.1 Å². The minimum atomic E-state index is 0.854. The molecule has 122 valence electrons. The number of rotatable bonds is 12. The van der Waals surface area contributed by atoms with Crippen molar-refractivity contribution in [2.75, 3.05) is 13.2 Å². The van der Waals surface area contributed by atoms with E-state index >= 15 is 0 Å². The fourth-order valence-electron chi connectivity index (χ4n) is 2.40. The molecule has 0 saturated heterocycles. The van der Waals surface area contributed by atoms with E-state index in [0.29, 0.717) is 0 Å². The van der Waals surface area contributed by atoms with Gasteiger partial charge >= 0.3 is 0 Å². The molecule has 0 bridgehead atoms. The molecular weight excluding hydrogens is 270 g/mol. The lowest BCUT2D eigenvalue weighted by Gasteiger charge is -2.02. The van der Waals surface area contributed by atoms with E-state index in [1.807, 2.05) is 18.3 Å². The summed E-state index contributed by atoms with van der Waals surface area (Å²) in [5.74, 6) is 6.40. The second-order valence-electron chi connectivity index (χ2n) is 5.67. The number of ether oxygens (including phenoxy) is 1. The maximum absolute atomic E-state index is 5.34. The summed E-state index contributed by atoms with van der Waals surface area (Å²) in [6.45, 7) is 3.85. The zero-order chi connectivity index (χ0) is 15.7. The smallest absolute Gasteiger partial charge is 0.0465 e. The first-order chi connectivity index (χ1) is 10.9. The van der Waals surface area contributed by atoms with E-state index in [0.717, 1.165) is 25.2 Å². The van der Waals surface area contributed by atoms with Crippen LogP contribution in [0.5, 0.6) is 0 Å². The number of aromatic nitrogens is 1. The van der Waals surface area contributed by atoms with E-state index in [1.54, 1.807) is 6.20 Å². The van der Waals surface area contributed by atoms with Gasteiger partial charge in [-0.3, -0.25) is 4.98 Å². The lowest BCUT2D eigenvalue weighted by molar-refractivity contribution is 0.143. The molecule has 2 nitrogen and oxygen atoms in total. The van der Waals surface area contributed by atoms with Crippen molar-refractivity contribution in [3.63, 3.8) is 0 Å². The second-order valence-corrected chi connectivity index (χ2v) is 5.67. The third kappa shape index (κ3) is 11.3. The van der Waals surface area contributed by atoms with Gasteiger partial charge < -0.3 is 4.74 Å². The standard InChI is InChI=1S/C20H31NO/c1-2-22-18-13-11-9-7-5-3-4-6-8-10-12-15-20-16-14-17-21-19-20/h14,16-17,19H,2-11,13,18H2,1H3. The lowest BCUT2D eigenvalue weighted by Crippen LogP contribution is -1.92. The Labute approximate surface area is 136 Å². The molecule has 1 heterocycles. The van der Waals surface area contributed by atoms with E-state index in [4.69, 9.17) is 4.74 Å². The van der Waals surface area contributed by atoms with Crippen LogP contribution >= 0.6 is 0 Å². The maximum Gasteiger partial charge on any atom is 0.0465 e. The second kappa shape index (κ2) is 14.6. The maximum atomic E-state index is 5.34. The van der Waals surface area contributed by atoms with Crippen LogP contribution in [0.3, 0.4) is 0 Å². The van der Waals surface area contributed by atoms with Gasteiger partial charge in [0.15, 0.2) is 0 Å². The van der Waals surface area contributed by atoms with E-state index in [9.17, 15) is 0 Å². The van der Waals surface area contributed by atoms with Gasteiger partial charge in [0.1, 0.15) is 0 Å².